The van der Waals surface area contributed by atoms with Gasteiger partial charge in [-0.15, -0.1) is 0 Å². The van der Waals surface area contributed by atoms with Crippen molar-refractivity contribution in [3.8, 4) is 0 Å². The molecule has 3 aliphatic heterocycles. The number of fused-ring (bicyclic) bond motifs is 6. The van der Waals surface area contributed by atoms with E-state index >= 15 is 0 Å². The molecular formula is C43H48F3N5O3. The summed E-state index contributed by atoms with van der Waals surface area (Å²) in [4.78, 5) is 40.3. The maximum atomic E-state index is 14.1. The number of carbonyl (C=O) groups is 2. The van der Waals surface area contributed by atoms with Crippen molar-refractivity contribution in [2.45, 2.75) is 70.5 Å². The molecule has 11 heteroatoms. The summed E-state index contributed by atoms with van der Waals surface area (Å²) < 4.78 is 39.1. The molecule has 2 fully saturated rings. The Morgan fingerprint density at radius 3 is 2.48 bits per heavy atom. The molecule has 0 radical (unpaired) electrons. The first-order valence-electron chi connectivity index (χ1n) is 19.6. The van der Waals surface area contributed by atoms with Gasteiger partial charge in [-0.1, -0.05) is 50.5 Å². The third kappa shape index (κ3) is 7.14. The highest BCUT2D eigenvalue weighted by molar-refractivity contribution is 5.97. The van der Waals surface area contributed by atoms with Gasteiger partial charge in [0.1, 0.15) is 0 Å². The van der Waals surface area contributed by atoms with Crippen molar-refractivity contribution in [3.05, 3.63) is 93.6 Å². The van der Waals surface area contributed by atoms with E-state index in [1.54, 1.807) is 12.2 Å². The number of piperazine rings is 1. The number of benzene rings is 1. The van der Waals surface area contributed by atoms with E-state index in [1.807, 2.05) is 41.3 Å². The number of aliphatic carboxylic acids is 1. The molecule has 1 N–H and O–H groups in total. The molecule has 8 nitrogen and oxygen atoms in total. The van der Waals surface area contributed by atoms with Crippen molar-refractivity contribution in [1.29, 1.82) is 0 Å². The molecule has 6 aliphatic rings. The summed E-state index contributed by atoms with van der Waals surface area (Å²) in [5, 5.41) is 12.7. The number of nitrogens with zero attached hydrogens (tertiary/aromatic N) is 5. The highest BCUT2D eigenvalue weighted by Gasteiger charge is 2.41. The van der Waals surface area contributed by atoms with Gasteiger partial charge >= 0.3 is 12.1 Å². The number of alkyl halides is 3. The molecule has 1 aromatic heterocycles. The third-order valence-corrected chi connectivity index (χ3v) is 12.1. The molecule has 8 rings (SSSR count). The van der Waals surface area contributed by atoms with E-state index in [0.717, 1.165) is 83.7 Å². The van der Waals surface area contributed by atoms with Gasteiger partial charge in [-0.3, -0.25) is 4.79 Å². The highest BCUT2D eigenvalue weighted by Crippen LogP contribution is 2.47. The van der Waals surface area contributed by atoms with E-state index in [4.69, 9.17) is 4.98 Å². The molecule has 4 heterocycles. The van der Waals surface area contributed by atoms with Gasteiger partial charge in [0.15, 0.2) is 0 Å². The third-order valence-electron chi connectivity index (χ3n) is 12.1. The van der Waals surface area contributed by atoms with Crippen LogP contribution in [0.15, 0.2) is 83.0 Å². The van der Waals surface area contributed by atoms with Crippen LogP contribution in [0.4, 0.5) is 18.9 Å². The summed E-state index contributed by atoms with van der Waals surface area (Å²) in [7, 11) is 0. The van der Waals surface area contributed by atoms with Crippen molar-refractivity contribution in [1.82, 2.24) is 19.7 Å². The predicted octanol–water partition coefficient (Wildman–Crippen LogP) is 5.85. The SMILES string of the molecule is CCN1CCN(C(=O)CN2CCN3C(=c4ccc5nc(=C6C=C(CCC(F)(F)F)C=CC6)ccc5c42)C(C2CCCCC2)=C2C=CC(C(=O)O)=CC23)CC1. The summed E-state index contributed by atoms with van der Waals surface area (Å²) >= 11 is 0. The smallest absolute Gasteiger partial charge is 0.389 e. The fourth-order valence-electron chi connectivity index (χ4n) is 9.31. The predicted molar refractivity (Wildman–Crippen MR) is 205 cm³/mol. The minimum atomic E-state index is -4.22. The van der Waals surface area contributed by atoms with E-state index in [0.29, 0.717) is 44.1 Å². The zero-order chi connectivity index (χ0) is 37.6. The monoisotopic (exact) mass is 739 g/mol. The Balaban J connectivity index is 1.28. The molecule has 1 unspecified atom stereocenters. The average molecular weight is 740 g/mol. The van der Waals surface area contributed by atoms with E-state index in [1.165, 1.54) is 17.6 Å². The Labute approximate surface area is 314 Å². The Hall–Kier alpha value is -4.64. The van der Waals surface area contributed by atoms with Gasteiger partial charge in [0.05, 0.1) is 40.4 Å². The van der Waals surface area contributed by atoms with Gasteiger partial charge < -0.3 is 24.7 Å². The highest BCUT2D eigenvalue weighted by atomic mass is 19.4. The van der Waals surface area contributed by atoms with E-state index in [9.17, 15) is 27.9 Å². The molecule has 1 atom stereocenters. The molecule has 1 saturated heterocycles. The zero-order valence-corrected chi connectivity index (χ0v) is 30.9. The Morgan fingerprint density at radius 1 is 0.944 bits per heavy atom. The van der Waals surface area contributed by atoms with Crippen LogP contribution in [0.25, 0.3) is 22.2 Å². The maximum Gasteiger partial charge on any atom is 0.389 e. The number of carbonyl (C=O) groups excluding carboxylic acids is 1. The van der Waals surface area contributed by atoms with Crippen LogP contribution in [-0.2, 0) is 9.59 Å². The number of halogens is 3. The number of pyridine rings is 1. The number of anilines is 1. The quantitative estimate of drug-likeness (QED) is 0.382. The van der Waals surface area contributed by atoms with Crippen LogP contribution in [0.3, 0.4) is 0 Å². The Kier molecular flexibility index (Phi) is 10.0. The van der Waals surface area contributed by atoms with Crippen molar-refractivity contribution in [2.75, 3.05) is 57.3 Å². The molecule has 2 aromatic rings. The van der Waals surface area contributed by atoms with Crippen LogP contribution in [0.2, 0.25) is 0 Å². The zero-order valence-electron chi connectivity index (χ0n) is 30.9. The number of rotatable bonds is 7. The standard InChI is InChI=1S/C43H48F3N5O3/c1-2-48-19-21-49(22-20-48)38(52)27-50-23-24-51-37-26-31(42(53)54)11-12-33(37)39(29-8-4-3-5-9-29)41(51)34-14-16-36-32(40(34)50)13-15-35(47-36)30-10-6-7-28(25-30)17-18-43(44,45)46/h6-7,11-16,25-26,29,37H,2-5,8-10,17-24,27H2,1H3,(H,53,54). The second kappa shape index (κ2) is 14.9. The molecule has 0 bridgehead atoms. The average Bonchev–Trinajstić information content (AvgIpc) is 3.42. The summed E-state index contributed by atoms with van der Waals surface area (Å²) in [6.45, 7) is 7.59. The molecule has 284 valence electrons. The van der Waals surface area contributed by atoms with Crippen molar-refractivity contribution >= 4 is 39.7 Å². The first-order chi connectivity index (χ1) is 26.1. The first kappa shape index (κ1) is 36.3. The molecule has 3 aliphatic carbocycles. The van der Waals surface area contributed by atoms with Crippen LogP contribution in [0.1, 0.15) is 58.3 Å². The van der Waals surface area contributed by atoms with Gasteiger partial charge in [-0.2, -0.15) is 13.2 Å². The topological polar surface area (TPSA) is 80.2 Å². The number of allylic oxidation sites excluding steroid dienone is 4. The van der Waals surface area contributed by atoms with E-state index in [-0.39, 0.29) is 30.5 Å². The fraction of sp³-hybridized carbons (Fsp3) is 0.465. The van der Waals surface area contributed by atoms with Crippen LogP contribution < -0.4 is 15.5 Å². The Bertz CT molecular complexity index is 2130. The normalized spacial score (nSPS) is 23.3. The number of likely N-dealkylation sites (N-methyl/N-ethyl adjacent to an activating group) is 1. The number of amides is 1. The maximum absolute atomic E-state index is 14.1. The molecule has 1 amide bonds. The number of carboxylic acid groups (broad SMARTS) is 1. The molecule has 54 heavy (non-hydrogen) atoms. The largest absolute Gasteiger partial charge is 0.478 e. The molecule has 0 spiro atoms. The van der Waals surface area contributed by atoms with E-state index in [2.05, 4.69) is 33.8 Å². The second-order valence-corrected chi connectivity index (χ2v) is 15.4. The molecule has 1 saturated carbocycles. The van der Waals surface area contributed by atoms with Gasteiger partial charge in [0, 0.05) is 56.3 Å². The molecule has 1 aromatic carbocycles. The fourth-order valence-corrected chi connectivity index (χ4v) is 9.31. The van der Waals surface area contributed by atoms with Gasteiger partial charge in [0.25, 0.3) is 0 Å². The first-order valence-corrected chi connectivity index (χ1v) is 19.6. The lowest BCUT2D eigenvalue weighted by Gasteiger charge is -2.36. The van der Waals surface area contributed by atoms with Gasteiger partial charge in [-0.05, 0) is 96.9 Å². The van der Waals surface area contributed by atoms with Gasteiger partial charge in [-0.25, -0.2) is 9.78 Å². The summed E-state index contributed by atoms with van der Waals surface area (Å²) in [6, 6.07) is 7.99. The molecular weight excluding hydrogens is 691 g/mol. The van der Waals surface area contributed by atoms with Crippen LogP contribution in [0, 0.1) is 5.92 Å². The summed E-state index contributed by atoms with van der Waals surface area (Å²) in [6.07, 6.45) is 12.3. The van der Waals surface area contributed by atoms with Crippen LogP contribution in [0.5, 0.6) is 0 Å². The summed E-state index contributed by atoms with van der Waals surface area (Å²) in [5.41, 5.74) is 7.13. The van der Waals surface area contributed by atoms with Crippen LogP contribution in [-0.4, -0.2) is 101 Å². The lowest BCUT2D eigenvalue weighted by Crippen LogP contribution is -2.51. The number of aromatic nitrogens is 1. The van der Waals surface area contributed by atoms with Crippen molar-refractivity contribution < 1.29 is 27.9 Å². The van der Waals surface area contributed by atoms with Crippen molar-refractivity contribution in [2.24, 2.45) is 5.92 Å². The Morgan fingerprint density at radius 2 is 1.74 bits per heavy atom. The lowest BCUT2D eigenvalue weighted by atomic mass is 9.79. The van der Waals surface area contributed by atoms with Crippen molar-refractivity contribution in [3.63, 3.8) is 0 Å². The number of hydrogen-bond donors (Lipinski definition) is 1. The van der Waals surface area contributed by atoms with Gasteiger partial charge in [0.2, 0.25) is 5.91 Å². The van der Waals surface area contributed by atoms with Crippen LogP contribution >= 0.6 is 0 Å². The summed E-state index contributed by atoms with van der Waals surface area (Å²) in [5.74, 6) is -0.504. The minimum Gasteiger partial charge on any atom is -0.478 e. The van der Waals surface area contributed by atoms with E-state index < -0.39 is 18.6 Å². The second-order valence-electron chi connectivity index (χ2n) is 15.4. The lowest BCUT2D eigenvalue weighted by molar-refractivity contribution is -0.134. The number of carboxylic acids is 1. The minimum absolute atomic E-state index is 0.0751. The number of hydrogen-bond acceptors (Lipinski definition) is 6.